The number of hydrogen-bond acceptors (Lipinski definition) is 2. The zero-order valence-electron chi connectivity index (χ0n) is 17.9. The Bertz CT molecular complexity index is 1320. The van der Waals surface area contributed by atoms with Crippen LogP contribution in [0.5, 0.6) is 0 Å². The number of rotatable bonds is 6. The second-order valence-electron chi connectivity index (χ2n) is 8.22. The molecule has 182 valence electrons. The maximum absolute atomic E-state index is 14.0. The van der Waals surface area contributed by atoms with Crippen LogP contribution in [-0.2, 0) is 11.2 Å². The van der Waals surface area contributed by atoms with E-state index in [-0.39, 0.29) is 21.8 Å². The zero-order chi connectivity index (χ0) is 25.7. The molecule has 3 nitrogen and oxygen atoms in total. The van der Waals surface area contributed by atoms with Crippen LogP contribution in [0, 0.1) is 24.5 Å². The molecule has 2 unspecified atom stereocenters. The van der Waals surface area contributed by atoms with Crippen LogP contribution in [0.15, 0.2) is 48.5 Å². The molecule has 1 amide bonds. The Morgan fingerprint density at radius 2 is 1.54 bits per heavy atom. The first-order valence-corrected chi connectivity index (χ1v) is 12.2. The van der Waals surface area contributed by atoms with Crippen LogP contribution in [0.1, 0.15) is 33.0 Å². The molecule has 10 heteroatoms. The lowest BCUT2D eigenvalue weighted by molar-refractivity contribution is -0.117. The predicted octanol–water partition coefficient (Wildman–Crippen LogP) is 8.18. The summed E-state index contributed by atoms with van der Waals surface area (Å²) in [5.74, 6) is -4.16. The smallest absolute Gasteiger partial charge is 0.231 e. The summed E-state index contributed by atoms with van der Waals surface area (Å²) in [6.07, 6.45) is -0.540. The van der Waals surface area contributed by atoms with Crippen LogP contribution in [0.2, 0.25) is 15.1 Å². The molecule has 0 bridgehead atoms. The van der Waals surface area contributed by atoms with E-state index in [1.807, 2.05) is 0 Å². The lowest BCUT2D eigenvalue weighted by Gasteiger charge is -2.10. The lowest BCUT2D eigenvalue weighted by Crippen LogP contribution is -2.17. The SMILES string of the molecule is Cc1c(Cl)cc(C2C(C(=O)Nc3ccc(Cl)c(C(=O)Cc4c(F)cccc4F)c3)C2(Cl)Cl)cc1Cl. The van der Waals surface area contributed by atoms with Crippen molar-refractivity contribution in [3.8, 4) is 0 Å². The summed E-state index contributed by atoms with van der Waals surface area (Å²) in [7, 11) is 0. The first kappa shape index (κ1) is 26.2. The number of carbonyl (C=O) groups excluding carboxylic acids is 2. The van der Waals surface area contributed by atoms with Gasteiger partial charge in [-0.2, -0.15) is 0 Å². The van der Waals surface area contributed by atoms with Gasteiger partial charge in [0.2, 0.25) is 5.91 Å². The number of amides is 1. The third-order valence-electron chi connectivity index (χ3n) is 5.93. The maximum atomic E-state index is 14.0. The topological polar surface area (TPSA) is 46.2 Å². The van der Waals surface area contributed by atoms with Crippen LogP contribution in [-0.4, -0.2) is 16.0 Å². The Morgan fingerprint density at radius 3 is 2.14 bits per heavy atom. The number of hydrogen-bond donors (Lipinski definition) is 1. The number of benzene rings is 3. The summed E-state index contributed by atoms with van der Waals surface area (Å²) in [6, 6.07) is 10.9. The van der Waals surface area contributed by atoms with E-state index in [4.69, 9.17) is 58.0 Å². The molecule has 0 heterocycles. The fourth-order valence-electron chi connectivity index (χ4n) is 3.91. The molecule has 1 N–H and O–H groups in total. The summed E-state index contributed by atoms with van der Waals surface area (Å²) < 4.78 is 26.6. The Kier molecular flexibility index (Phi) is 7.38. The van der Waals surface area contributed by atoms with E-state index in [1.165, 1.54) is 24.3 Å². The van der Waals surface area contributed by atoms with Crippen LogP contribution >= 0.6 is 58.0 Å². The van der Waals surface area contributed by atoms with E-state index in [2.05, 4.69) is 5.32 Å². The summed E-state index contributed by atoms with van der Waals surface area (Å²) in [6.45, 7) is 1.76. The van der Waals surface area contributed by atoms with Crippen molar-refractivity contribution in [2.75, 3.05) is 5.32 Å². The van der Waals surface area contributed by atoms with Crippen molar-refractivity contribution in [3.63, 3.8) is 0 Å². The van der Waals surface area contributed by atoms with Gasteiger partial charge < -0.3 is 5.32 Å². The summed E-state index contributed by atoms with van der Waals surface area (Å²) in [5.41, 5.74) is 1.19. The molecule has 0 aromatic heterocycles. The monoisotopic (exact) mass is 575 g/mol. The van der Waals surface area contributed by atoms with Gasteiger partial charge in [-0.05, 0) is 60.5 Å². The number of anilines is 1. The molecule has 0 radical (unpaired) electrons. The number of halogens is 7. The highest BCUT2D eigenvalue weighted by molar-refractivity contribution is 6.53. The highest BCUT2D eigenvalue weighted by atomic mass is 35.5. The molecule has 3 aromatic carbocycles. The highest BCUT2D eigenvalue weighted by Gasteiger charge is 2.67. The van der Waals surface area contributed by atoms with Gasteiger partial charge in [-0.25, -0.2) is 8.78 Å². The van der Waals surface area contributed by atoms with Gasteiger partial charge in [0.1, 0.15) is 16.0 Å². The van der Waals surface area contributed by atoms with E-state index in [1.54, 1.807) is 19.1 Å². The zero-order valence-corrected chi connectivity index (χ0v) is 21.7. The van der Waals surface area contributed by atoms with Gasteiger partial charge in [-0.3, -0.25) is 9.59 Å². The van der Waals surface area contributed by atoms with E-state index in [0.29, 0.717) is 21.2 Å². The Hall–Kier alpha value is -1.89. The van der Waals surface area contributed by atoms with Gasteiger partial charge in [0.15, 0.2) is 5.78 Å². The number of ketones is 1. The molecule has 1 aliphatic carbocycles. The predicted molar refractivity (Wildman–Crippen MR) is 136 cm³/mol. The van der Waals surface area contributed by atoms with Crippen LogP contribution in [0.4, 0.5) is 14.5 Å². The first-order chi connectivity index (χ1) is 16.4. The number of carbonyl (C=O) groups is 2. The molecule has 1 fully saturated rings. The van der Waals surface area contributed by atoms with Gasteiger partial charge in [-0.15, -0.1) is 23.2 Å². The highest BCUT2D eigenvalue weighted by Crippen LogP contribution is 2.65. The minimum Gasteiger partial charge on any atom is -0.326 e. The van der Waals surface area contributed by atoms with Crippen LogP contribution < -0.4 is 5.32 Å². The average Bonchev–Trinajstić information content (AvgIpc) is 3.37. The van der Waals surface area contributed by atoms with E-state index >= 15 is 0 Å². The summed E-state index contributed by atoms with van der Waals surface area (Å²) in [4.78, 5) is 25.8. The third-order valence-corrected chi connectivity index (χ3v) is 7.99. The van der Waals surface area contributed by atoms with Crippen molar-refractivity contribution in [2.45, 2.75) is 23.6 Å². The summed E-state index contributed by atoms with van der Waals surface area (Å²) in [5, 5.41) is 3.60. The average molecular weight is 578 g/mol. The molecule has 35 heavy (non-hydrogen) atoms. The second-order valence-corrected chi connectivity index (χ2v) is 10.9. The van der Waals surface area contributed by atoms with Crippen molar-refractivity contribution >= 4 is 75.4 Å². The fraction of sp³-hybridized carbons (Fsp3) is 0.200. The van der Waals surface area contributed by atoms with Crippen LogP contribution in [0.25, 0.3) is 0 Å². The first-order valence-electron chi connectivity index (χ1n) is 10.3. The van der Waals surface area contributed by atoms with Gasteiger partial charge >= 0.3 is 0 Å². The van der Waals surface area contributed by atoms with Crippen molar-refractivity contribution in [2.24, 2.45) is 5.92 Å². The standard InChI is InChI=1S/C25H16Cl5F2NO2/c1-11-17(27)7-12(8-18(11)28)22-23(25(22,29)30)24(35)33-13-5-6-16(26)14(9-13)21(34)10-15-19(31)3-2-4-20(15)32/h2-9,22-23H,10H2,1H3,(H,33,35). The van der Waals surface area contributed by atoms with E-state index in [0.717, 1.165) is 12.1 Å². The van der Waals surface area contributed by atoms with Gasteiger partial charge in [0.25, 0.3) is 0 Å². The number of alkyl halides is 2. The van der Waals surface area contributed by atoms with Crippen molar-refractivity contribution in [1.29, 1.82) is 0 Å². The Labute approximate surface area is 225 Å². The lowest BCUT2D eigenvalue weighted by atomic mass is 10.0. The van der Waals surface area contributed by atoms with Crippen molar-refractivity contribution < 1.29 is 18.4 Å². The largest absolute Gasteiger partial charge is 0.326 e. The minimum absolute atomic E-state index is 0.000393. The Balaban J connectivity index is 1.54. The van der Waals surface area contributed by atoms with Crippen molar-refractivity contribution in [3.05, 3.63) is 97.5 Å². The third kappa shape index (κ3) is 5.16. The summed E-state index contributed by atoms with van der Waals surface area (Å²) >= 11 is 31.4. The van der Waals surface area contributed by atoms with Crippen LogP contribution in [0.3, 0.4) is 0 Å². The molecular weight excluding hydrogens is 562 g/mol. The molecule has 0 saturated heterocycles. The molecule has 1 saturated carbocycles. The van der Waals surface area contributed by atoms with E-state index < -0.39 is 45.9 Å². The molecule has 0 spiro atoms. The maximum Gasteiger partial charge on any atom is 0.231 e. The molecule has 4 rings (SSSR count). The normalized spacial score (nSPS) is 18.3. The second kappa shape index (κ2) is 9.87. The quantitative estimate of drug-likeness (QED) is 0.237. The minimum atomic E-state index is -1.39. The van der Waals surface area contributed by atoms with Crippen molar-refractivity contribution in [1.82, 2.24) is 0 Å². The van der Waals surface area contributed by atoms with E-state index in [9.17, 15) is 18.4 Å². The Morgan fingerprint density at radius 1 is 0.943 bits per heavy atom. The molecular formula is C25H16Cl5F2NO2. The van der Waals surface area contributed by atoms with Gasteiger partial charge in [0, 0.05) is 39.2 Å². The van der Waals surface area contributed by atoms with Gasteiger partial charge in [0.05, 0.1) is 10.9 Å². The molecule has 1 aliphatic rings. The fourth-order valence-corrected chi connectivity index (χ4v) is 5.46. The molecule has 0 aliphatic heterocycles. The number of nitrogens with one attached hydrogen (secondary N) is 1. The number of Topliss-reactive ketones (excluding diaryl/α,β-unsaturated/α-hetero) is 1. The molecule has 3 aromatic rings. The molecule has 2 atom stereocenters. The van der Waals surface area contributed by atoms with Gasteiger partial charge in [-0.1, -0.05) is 40.9 Å².